The molecule has 0 radical (unpaired) electrons. The van der Waals surface area contributed by atoms with Crippen molar-refractivity contribution in [1.29, 1.82) is 0 Å². The second-order valence-electron chi connectivity index (χ2n) is 6.35. The molecule has 1 saturated heterocycles. The molecule has 3 rings (SSSR count). The predicted molar refractivity (Wildman–Crippen MR) is 97.7 cm³/mol. The first-order chi connectivity index (χ1) is 12.4. The van der Waals surface area contributed by atoms with Crippen molar-refractivity contribution >= 4 is 15.9 Å². The Hall–Kier alpha value is -2.25. The number of aryl methyl sites for hydroxylation is 1. The van der Waals surface area contributed by atoms with Gasteiger partial charge in [0.25, 0.3) is 5.91 Å². The van der Waals surface area contributed by atoms with Crippen LogP contribution in [0.1, 0.15) is 21.5 Å². The topological polar surface area (TPSA) is 57.7 Å². The second kappa shape index (κ2) is 7.55. The lowest BCUT2D eigenvalue weighted by atomic mass is 10.1. The lowest BCUT2D eigenvalue weighted by Crippen LogP contribution is -2.50. The normalized spacial score (nSPS) is 15.8. The Bertz CT molecular complexity index is 907. The Morgan fingerprint density at radius 3 is 2.27 bits per heavy atom. The summed E-state index contributed by atoms with van der Waals surface area (Å²) < 4.78 is 40.5. The molecule has 0 aromatic heterocycles. The molecule has 1 amide bonds. The third kappa shape index (κ3) is 3.94. The van der Waals surface area contributed by atoms with E-state index >= 15 is 0 Å². The maximum absolute atomic E-state index is 13.8. The zero-order valence-electron chi connectivity index (χ0n) is 14.6. The van der Waals surface area contributed by atoms with Crippen molar-refractivity contribution in [2.24, 2.45) is 0 Å². The summed E-state index contributed by atoms with van der Waals surface area (Å²) in [7, 11) is -3.46. The van der Waals surface area contributed by atoms with Crippen molar-refractivity contribution in [3.8, 4) is 0 Å². The molecule has 0 saturated carbocycles. The average molecular weight is 376 g/mol. The fourth-order valence-electron chi connectivity index (χ4n) is 3.03. The van der Waals surface area contributed by atoms with Gasteiger partial charge in [0.1, 0.15) is 5.82 Å². The van der Waals surface area contributed by atoms with Gasteiger partial charge < -0.3 is 4.90 Å². The smallest absolute Gasteiger partial charge is 0.256 e. The Morgan fingerprint density at radius 2 is 1.62 bits per heavy atom. The number of halogens is 1. The first-order valence-corrected chi connectivity index (χ1v) is 10.1. The molecule has 1 aliphatic heterocycles. The number of carbonyl (C=O) groups excluding carboxylic acids is 1. The summed E-state index contributed by atoms with van der Waals surface area (Å²) >= 11 is 0. The molecular formula is C19H21FN2O3S. The van der Waals surface area contributed by atoms with Gasteiger partial charge in [-0.05, 0) is 30.2 Å². The average Bonchev–Trinajstić information content (AvgIpc) is 2.63. The van der Waals surface area contributed by atoms with E-state index in [1.54, 1.807) is 6.07 Å². The third-order valence-electron chi connectivity index (χ3n) is 4.62. The Kier molecular flexibility index (Phi) is 5.38. The van der Waals surface area contributed by atoms with Crippen molar-refractivity contribution in [2.45, 2.75) is 12.7 Å². The van der Waals surface area contributed by atoms with Crippen LogP contribution in [-0.4, -0.2) is 49.7 Å². The number of piperazine rings is 1. The van der Waals surface area contributed by atoms with Gasteiger partial charge in [-0.1, -0.05) is 36.4 Å². The van der Waals surface area contributed by atoms with Crippen molar-refractivity contribution in [3.05, 3.63) is 71.0 Å². The molecule has 2 aromatic rings. The first-order valence-electron chi connectivity index (χ1n) is 8.44. The zero-order chi connectivity index (χ0) is 18.7. The highest BCUT2D eigenvalue weighted by Crippen LogP contribution is 2.18. The van der Waals surface area contributed by atoms with Crippen LogP contribution in [0.2, 0.25) is 0 Å². The van der Waals surface area contributed by atoms with E-state index in [9.17, 15) is 17.6 Å². The Labute approximate surface area is 153 Å². The van der Waals surface area contributed by atoms with Crippen molar-refractivity contribution in [1.82, 2.24) is 9.21 Å². The molecule has 1 fully saturated rings. The van der Waals surface area contributed by atoms with Crippen molar-refractivity contribution in [2.75, 3.05) is 26.2 Å². The molecule has 1 heterocycles. The number of carbonyl (C=O) groups is 1. The van der Waals surface area contributed by atoms with Crippen LogP contribution in [-0.2, 0) is 15.8 Å². The zero-order valence-corrected chi connectivity index (χ0v) is 15.4. The standard InChI is InChI=1S/C19H21FN2O3S/c1-15-6-2-3-7-16(15)14-26(24,25)22-12-10-21(11-13-22)19(23)17-8-4-5-9-18(17)20/h2-9H,10-14H2,1H3. The summed E-state index contributed by atoms with van der Waals surface area (Å²) in [6, 6.07) is 13.2. The van der Waals surface area contributed by atoms with Crippen LogP contribution in [0.4, 0.5) is 4.39 Å². The first kappa shape index (κ1) is 18.5. The van der Waals surface area contributed by atoms with Crippen LogP contribution in [0.3, 0.4) is 0 Å². The third-order valence-corrected chi connectivity index (χ3v) is 6.45. The number of amides is 1. The van der Waals surface area contributed by atoms with E-state index in [-0.39, 0.29) is 37.5 Å². The van der Waals surface area contributed by atoms with Crippen molar-refractivity contribution < 1.29 is 17.6 Å². The minimum atomic E-state index is -3.46. The summed E-state index contributed by atoms with van der Waals surface area (Å²) in [5, 5.41) is 0. The van der Waals surface area contributed by atoms with Gasteiger partial charge in [0, 0.05) is 26.2 Å². The SMILES string of the molecule is Cc1ccccc1CS(=O)(=O)N1CCN(C(=O)c2ccccc2F)CC1. The van der Waals surface area contributed by atoms with Gasteiger partial charge in [0.2, 0.25) is 10.0 Å². The van der Waals surface area contributed by atoms with Gasteiger partial charge in [0.15, 0.2) is 0 Å². The number of sulfonamides is 1. The molecule has 26 heavy (non-hydrogen) atoms. The van der Waals surface area contributed by atoms with Gasteiger partial charge in [-0.3, -0.25) is 4.79 Å². The van der Waals surface area contributed by atoms with E-state index in [0.29, 0.717) is 0 Å². The molecular weight excluding hydrogens is 355 g/mol. The summed E-state index contributed by atoms with van der Waals surface area (Å²) in [5.41, 5.74) is 1.73. The molecule has 0 N–H and O–H groups in total. The van der Waals surface area contributed by atoms with Gasteiger partial charge in [0.05, 0.1) is 11.3 Å². The minimum Gasteiger partial charge on any atom is -0.336 e. The molecule has 2 aromatic carbocycles. The van der Waals surface area contributed by atoms with E-state index in [1.165, 1.54) is 27.4 Å². The summed E-state index contributed by atoms with van der Waals surface area (Å²) in [4.78, 5) is 13.9. The van der Waals surface area contributed by atoms with E-state index in [1.807, 2.05) is 31.2 Å². The molecule has 0 spiro atoms. The molecule has 0 unspecified atom stereocenters. The lowest BCUT2D eigenvalue weighted by molar-refractivity contribution is 0.0693. The minimum absolute atomic E-state index is 0.0173. The maximum atomic E-state index is 13.8. The second-order valence-corrected chi connectivity index (χ2v) is 8.32. The number of nitrogens with zero attached hydrogens (tertiary/aromatic N) is 2. The van der Waals surface area contributed by atoms with Crippen LogP contribution in [0.15, 0.2) is 48.5 Å². The highest BCUT2D eigenvalue weighted by molar-refractivity contribution is 7.88. The maximum Gasteiger partial charge on any atom is 0.256 e. The van der Waals surface area contributed by atoms with Crippen LogP contribution < -0.4 is 0 Å². The molecule has 7 heteroatoms. The van der Waals surface area contributed by atoms with E-state index in [4.69, 9.17) is 0 Å². The van der Waals surface area contributed by atoms with Crippen molar-refractivity contribution in [3.63, 3.8) is 0 Å². The van der Waals surface area contributed by atoms with Crippen LogP contribution >= 0.6 is 0 Å². The largest absolute Gasteiger partial charge is 0.336 e. The number of hydrogen-bond acceptors (Lipinski definition) is 3. The summed E-state index contributed by atoms with van der Waals surface area (Å²) in [5.74, 6) is -1.02. The fourth-order valence-corrected chi connectivity index (χ4v) is 4.65. The van der Waals surface area contributed by atoms with Gasteiger partial charge in [-0.15, -0.1) is 0 Å². The monoisotopic (exact) mass is 376 g/mol. The van der Waals surface area contributed by atoms with Gasteiger partial charge >= 0.3 is 0 Å². The molecule has 0 atom stereocenters. The predicted octanol–water partition coefficient (Wildman–Crippen LogP) is 2.42. The molecule has 5 nitrogen and oxygen atoms in total. The highest BCUT2D eigenvalue weighted by Gasteiger charge is 2.30. The molecule has 1 aliphatic rings. The quantitative estimate of drug-likeness (QED) is 0.823. The lowest BCUT2D eigenvalue weighted by Gasteiger charge is -2.34. The Balaban J connectivity index is 1.65. The fraction of sp³-hybridized carbons (Fsp3) is 0.316. The number of benzene rings is 2. The van der Waals surface area contributed by atoms with E-state index < -0.39 is 21.7 Å². The van der Waals surface area contributed by atoms with Crippen LogP contribution in [0.25, 0.3) is 0 Å². The molecule has 0 aliphatic carbocycles. The molecule has 0 bridgehead atoms. The number of hydrogen-bond donors (Lipinski definition) is 0. The summed E-state index contributed by atoms with van der Waals surface area (Å²) in [6.45, 7) is 2.82. The molecule has 138 valence electrons. The summed E-state index contributed by atoms with van der Waals surface area (Å²) in [6.07, 6.45) is 0. The van der Waals surface area contributed by atoms with E-state index in [2.05, 4.69) is 0 Å². The van der Waals surface area contributed by atoms with Gasteiger partial charge in [-0.2, -0.15) is 4.31 Å². The van der Waals surface area contributed by atoms with Crippen LogP contribution in [0.5, 0.6) is 0 Å². The number of rotatable bonds is 4. The van der Waals surface area contributed by atoms with Crippen LogP contribution in [0, 0.1) is 12.7 Å². The Morgan fingerprint density at radius 1 is 1.00 bits per heavy atom. The van der Waals surface area contributed by atoms with E-state index in [0.717, 1.165) is 11.1 Å². The highest BCUT2D eigenvalue weighted by atomic mass is 32.2. The van der Waals surface area contributed by atoms with Gasteiger partial charge in [-0.25, -0.2) is 12.8 Å².